The molecule has 0 radical (unpaired) electrons. The molecule has 2 nitrogen and oxygen atoms in total. The average molecular weight is 223 g/mol. The smallest absolute Gasteiger partial charge is 0.0464 e. The summed E-state index contributed by atoms with van der Waals surface area (Å²) in [6.45, 7) is 9.10. The van der Waals surface area contributed by atoms with Crippen molar-refractivity contribution in [3.63, 3.8) is 0 Å². The van der Waals surface area contributed by atoms with Gasteiger partial charge in [0.05, 0.1) is 0 Å². The van der Waals surface area contributed by atoms with Crippen molar-refractivity contribution in [2.75, 3.05) is 0 Å². The van der Waals surface area contributed by atoms with Gasteiger partial charge in [0.1, 0.15) is 0 Å². The van der Waals surface area contributed by atoms with Gasteiger partial charge in [-0.1, -0.05) is 31.9 Å². The molecule has 0 aromatic rings. The van der Waals surface area contributed by atoms with Crippen LogP contribution in [0.3, 0.4) is 0 Å². The summed E-state index contributed by atoms with van der Waals surface area (Å²) in [7, 11) is 0. The summed E-state index contributed by atoms with van der Waals surface area (Å²) in [6.07, 6.45) is 7.76. The van der Waals surface area contributed by atoms with Crippen LogP contribution in [0, 0.1) is 11.3 Å². The summed E-state index contributed by atoms with van der Waals surface area (Å²) in [4.78, 5) is 0. The van der Waals surface area contributed by atoms with E-state index < -0.39 is 0 Å². The monoisotopic (exact) mass is 223 g/mol. The highest BCUT2D eigenvalue weighted by Crippen LogP contribution is 2.42. The largest absolute Gasteiger partial charge is 0.411 e. The zero-order valence-corrected chi connectivity index (χ0v) is 11.1. The van der Waals surface area contributed by atoms with E-state index in [0.29, 0.717) is 11.3 Å². The first-order chi connectivity index (χ1) is 7.47. The summed E-state index contributed by atoms with van der Waals surface area (Å²) in [5.74, 6) is 0.364. The van der Waals surface area contributed by atoms with Gasteiger partial charge in [0.2, 0.25) is 0 Å². The third-order valence-corrected chi connectivity index (χ3v) is 3.86. The van der Waals surface area contributed by atoms with Crippen molar-refractivity contribution >= 4 is 6.21 Å². The van der Waals surface area contributed by atoms with E-state index in [9.17, 15) is 0 Å². The Bertz CT molecular complexity index is 289. The Kier molecular flexibility index (Phi) is 4.57. The number of rotatable bonds is 4. The molecular formula is C14H25NO. The van der Waals surface area contributed by atoms with Gasteiger partial charge in [-0.2, -0.15) is 0 Å². The van der Waals surface area contributed by atoms with Gasteiger partial charge in [0, 0.05) is 6.21 Å². The maximum Gasteiger partial charge on any atom is 0.0464 e. The molecular weight excluding hydrogens is 198 g/mol. The van der Waals surface area contributed by atoms with E-state index in [2.05, 4.69) is 32.9 Å². The number of hydrogen-bond donors (Lipinski definition) is 1. The maximum atomic E-state index is 8.49. The Morgan fingerprint density at radius 3 is 2.75 bits per heavy atom. The normalized spacial score (nSPS) is 22.8. The molecule has 0 aromatic carbocycles. The first-order valence-corrected chi connectivity index (χ1v) is 6.34. The van der Waals surface area contributed by atoms with Crippen molar-refractivity contribution in [3.8, 4) is 0 Å². The van der Waals surface area contributed by atoms with Gasteiger partial charge in [0.25, 0.3) is 0 Å². The van der Waals surface area contributed by atoms with Crippen molar-refractivity contribution < 1.29 is 5.21 Å². The summed E-state index contributed by atoms with van der Waals surface area (Å²) in [5, 5.41) is 11.6. The Morgan fingerprint density at radius 1 is 1.50 bits per heavy atom. The predicted molar refractivity (Wildman–Crippen MR) is 69.0 cm³/mol. The number of nitrogens with zero attached hydrogens (tertiary/aromatic N) is 1. The van der Waals surface area contributed by atoms with Crippen LogP contribution in [-0.2, 0) is 0 Å². The second-order valence-electron chi connectivity index (χ2n) is 5.78. The summed E-state index contributed by atoms with van der Waals surface area (Å²) in [5.41, 5.74) is 3.60. The van der Waals surface area contributed by atoms with E-state index in [4.69, 9.17) is 5.21 Å². The van der Waals surface area contributed by atoms with Crippen LogP contribution in [0.25, 0.3) is 0 Å². The molecule has 0 saturated heterocycles. The van der Waals surface area contributed by atoms with Gasteiger partial charge in [-0.15, -0.1) is 5.16 Å². The highest BCUT2D eigenvalue weighted by Gasteiger charge is 2.27. The zero-order valence-electron chi connectivity index (χ0n) is 11.1. The molecule has 92 valence electrons. The van der Waals surface area contributed by atoms with E-state index in [0.717, 1.165) is 12.8 Å². The van der Waals surface area contributed by atoms with E-state index in [1.54, 1.807) is 17.4 Å². The van der Waals surface area contributed by atoms with Crippen LogP contribution in [0.2, 0.25) is 0 Å². The summed E-state index contributed by atoms with van der Waals surface area (Å²) >= 11 is 0. The van der Waals surface area contributed by atoms with Crippen molar-refractivity contribution in [2.24, 2.45) is 16.5 Å². The molecule has 0 heterocycles. The molecule has 1 rings (SSSR count). The maximum absolute atomic E-state index is 8.49. The van der Waals surface area contributed by atoms with E-state index >= 15 is 0 Å². The molecule has 0 spiro atoms. The predicted octanol–water partition coefficient (Wildman–Crippen LogP) is 4.39. The molecule has 0 aromatic heterocycles. The lowest BCUT2D eigenvalue weighted by atomic mass is 9.71. The lowest BCUT2D eigenvalue weighted by molar-refractivity contribution is 0.317. The molecule has 1 unspecified atom stereocenters. The fourth-order valence-corrected chi connectivity index (χ4v) is 2.79. The zero-order chi connectivity index (χ0) is 12.2. The van der Waals surface area contributed by atoms with E-state index in [1.165, 1.54) is 19.3 Å². The Balaban J connectivity index is 2.63. The van der Waals surface area contributed by atoms with Crippen LogP contribution >= 0.6 is 0 Å². The van der Waals surface area contributed by atoms with Crippen molar-refractivity contribution in [1.29, 1.82) is 0 Å². The average Bonchev–Trinajstić information content (AvgIpc) is 2.16. The first kappa shape index (κ1) is 13.3. The minimum Gasteiger partial charge on any atom is -0.411 e. The quantitative estimate of drug-likeness (QED) is 0.326. The molecule has 1 atom stereocenters. The van der Waals surface area contributed by atoms with Crippen LogP contribution in [-0.4, -0.2) is 11.4 Å². The molecule has 0 fully saturated rings. The molecule has 1 aliphatic carbocycles. The van der Waals surface area contributed by atoms with E-state index in [1.807, 2.05) is 0 Å². The highest BCUT2D eigenvalue weighted by molar-refractivity contribution is 5.59. The highest BCUT2D eigenvalue weighted by atomic mass is 16.4. The Labute approximate surface area is 99.4 Å². The second kappa shape index (κ2) is 5.51. The topological polar surface area (TPSA) is 32.6 Å². The molecule has 0 saturated carbocycles. The molecule has 16 heavy (non-hydrogen) atoms. The van der Waals surface area contributed by atoms with Crippen LogP contribution in [0.15, 0.2) is 16.3 Å². The van der Waals surface area contributed by atoms with Gasteiger partial charge in [-0.25, -0.2) is 0 Å². The lowest BCUT2D eigenvalue weighted by Crippen LogP contribution is -2.21. The molecule has 2 heteroatoms. The molecule has 0 amide bonds. The fraction of sp³-hybridized carbons (Fsp3) is 0.786. The first-order valence-electron chi connectivity index (χ1n) is 6.34. The van der Waals surface area contributed by atoms with E-state index in [-0.39, 0.29) is 0 Å². The number of hydrogen-bond acceptors (Lipinski definition) is 2. The minimum atomic E-state index is 0.364. The fourth-order valence-electron chi connectivity index (χ4n) is 2.79. The van der Waals surface area contributed by atoms with Crippen molar-refractivity contribution in [1.82, 2.24) is 0 Å². The molecule has 1 aliphatic rings. The van der Waals surface area contributed by atoms with Crippen LogP contribution in [0.4, 0.5) is 0 Å². The number of oxime groups is 1. The SMILES string of the molecule is CC1=C(CCC(C)/C=N/O)C(C)(C)CCC1. The Morgan fingerprint density at radius 2 is 2.19 bits per heavy atom. The third-order valence-electron chi connectivity index (χ3n) is 3.86. The minimum absolute atomic E-state index is 0.364. The van der Waals surface area contributed by atoms with Gasteiger partial charge in [-0.05, 0) is 50.4 Å². The van der Waals surface area contributed by atoms with Gasteiger partial charge >= 0.3 is 0 Å². The van der Waals surface area contributed by atoms with Gasteiger partial charge in [0.15, 0.2) is 0 Å². The second-order valence-corrected chi connectivity index (χ2v) is 5.78. The van der Waals surface area contributed by atoms with Crippen LogP contribution in [0.1, 0.15) is 59.8 Å². The van der Waals surface area contributed by atoms with Crippen LogP contribution < -0.4 is 0 Å². The standard InChI is InChI=1S/C14H25NO/c1-11(10-15-16)7-8-13-12(2)6-5-9-14(13,3)4/h10-11,16H,5-9H2,1-4H3/b15-10+. The van der Waals surface area contributed by atoms with Gasteiger partial charge < -0.3 is 5.21 Å². The van der Waals surface area contributed by atoms with Crippen LogP contribution in [0.5, 0.6) is 0 Å². The summed E-state index contributed by atoms with van der Waals surface area (Å²) in [6, 6.07) is 0. The van der Waals surface area contributed by atoms with Crippen molar-refractivity contribution in [2.45, 2.75) is 59.8 Å². The van der Waals surface area contributed by atoms with Gasteiger partial charge in [-0.3, -0.25) is 0 Å². The summed E-state index contributed by atoms with van der Waals surface area (Å²) < 4.78 is 0. The lowest BCUT2D eigenvalue weighted by Gasteiger charge is -2.35. The number of allylic oxidation sites excluding steroid dienone is 2. The third kappa shape index (κ3) is 3.36. The molecule has 0 aliphatic heterocycles. The molecule has 0 bridgehead atoms. The molecule has 1 N–H and O–H groups in total. The Hall–Kier alpha value is -0.790. The van der Waals surface area contributed by atoms with Crippen molar-refractivity contribution in [3.05, 3.63) is 11.1 Å².